The number of likely N-dealkylation sites (tertiary alicyclic amines) is 1. The maximum atomic E-state index is 11.7. The average Bonchev–Trinajstić information content (AvgIpc) is 2.80. The third-order valence-electron chi connectivity index (χ3n) is 2.83. The number of amides is 1. The smallest absolute Gasteiger partial charge is 0.410 e. The molecule has 96 valence electrons. The average molecular weight is 256 g/mol. The molecular weight excluding hydrogens is 236 g/mol. The van der Waals surface area contributed by atoms with Gasteiger partial charge in [-0.2, -0.15) is 0 Å². The summed E-state index contributed by atoms with van der Waals surface area (Å²) in [5, 5.41) is 3.32. The fourth-order valence-electron chi connectivity index (χ4n) is 1.67. The van der Waals surface area contributed by atoms with Crippen molar-refractivity contribution in [3.63, 3.8) is 0 Å². The molecule has 1 heterocycles. The molecule has 0 unspecified atom stereocenters. The second kappa shape index (κ2) is 4.44. The predicted octanol–water partition coefficient (Wildman–Crippen LogP) is 1.93. The number of carbonyl (C=O) groups is 1. The highest BCUT2D eigenvalue weighted by molar-refractivity contribution is 7.80. The van der Waals surface area contributed by atoms with Crippen LogP contribution in [0.2, 0.25) is 0 Å². The summed E-state index contributed by atoms with van der Waals surface area (Å²) in [6, 6.07) is 0.595. The zero-order valence-electron chi connectivity index (χ0n) is 10.7. The minimum Gasteiger partial charge on any atom is -0.444 e. The van der Waals surface area contributed by atoms with Crippen LogP contribution in [0.5, 0.6) is 0 Å². The number of thiocarbonyl (C=S) groups is 1. The molecule has 0 aromatic heterocycles. The van der Waals surface area contributed by atoms with E-state index in [0.29, 0.717) is 25.0 Å². The van der Waals surface area contributed by atoms with Crippen LogP contribution in [0, 0.1) is 5.92 Å². The summed E-state index contributed by atoms with van der Waals surface area (Å²) in [7, 11) is 0. The van der Waals surface area contributed by atoms with E-state index in [0.717, 1.165) is 4.99 Å². The Morgan fingerprint density at radius 1 is 1.35 bits per heavy atom. The van der Waals surface area contributed by atoms with E-state index in [9.17, 15) is 4.79 Å². The van der Waals surface area contributed by atoms with E-state index < -0.39 is 5.60 Å². The van der Waals surface area contributed by atoms with Crippen LogP contribution in [0.4, 0.5) is 4.79 Å². The molecule has 5 heteroatoms. The Labute approximate surface area is 108 Å². The van der Waals surface area contributed by atoms with E-state index in [4.69, 9.17) is 17.0 Å². The van der Waals surface area contributed by atoms with E-state index in [1.54, 1.807) is 4.90 Å². The summed E-state index contributed by atoms with van der Waals surface area (Å²) >= 11 is 5.30. The van der Waals surface area contributed by atoms with Crippen molar-refractivity contribution >= 4 is 23.3 Å². The summed E-state index contributed by atoms with van der Waals surface area (Å²) in [4.78, 5) is 14.3. The summed E-state index contributed by atoms with van der Waals surface area (Å²) in [6.45, 7) is 7.01. The molecule has 1 aliphatic carbocycles. The van der Waals surface area contributed by atoms with Crippen LogP contribution >= 0.6 is 12.2 Å². The van der Waals surface area contributed by atoms with Gasteiger partial charge < -0.3 is 15.0 Å². The molecule has 1 amide bonds. The van der Waals surface area contributed by atoms with E-state index in [1.807, 2.05) is 20.8 Å². The Morgan fingerprint density at radius 2 is 1.94 bits per heavy atom. The standard InChI is InChI=1S/C12H20N2O2S/c1-12(2,3)16-11(15)14-6-8(7-14)10(17)13-9-4-5-9/h8-9H,4-7H2,1-3H3,(H,13,17). The first kappa shape index (κ1) is 12.6. The molecule has 0 atom stereocenters. The predicted molar refractivity (Wildman–Crippen MR) is 70.1 cm³/mol. The molecule has 0 radical (unpaired) electrons. The first-order chi connectivity index (χ1) is 7.85. The Kier molecular flexibility index (Phi) is 3.30. The highest BCUT2D eigenvalue weighted by Gasteiger charge is 2.37. The largest absolute Gasteiger partial charge is 0.444 e. The second-order valence-electron chi connectivity index (χ2n) is 5.87. The van der Waals surface area contributed by atoms with Gasteiger partial charge in [0.05, 0.1) is 4.99 Å². The minimum atomic E-state index is -0.422. The molecule has 1 N–H and O–H groups in total. The van der Waals surface area contributed by atoms with Gasteiger partial charge in [0.15, 0.2) is 0 Å². The summed E-state index contributed by atoms with van der Waals surface area (Å²) in [6.07, 6.45) is 2.22. The third-order valence-corrected chi connectivity index (χ3v) is 3.28. The van der Waals surface area contributed by atoms with E-state index in [-0.39, 0.29) is 6.09 Å². The normalized spacial score (nSPS) is 20.8. The van der Waals surface area contributed by atoms with Crippen LogP contribution in [-0.2, 0) is 4.74 Å². The van der Waals surface area contributed by atoms with Crippen LogP contribution in [0.15, 0.2) is 0 Å². The lowest BCUT2D eigenvalue weighted by atomic mass is 10.0. The zero-order chi connectivity index (χ0) is 12.6. The molecule has 1 aliphatic heterocycles. The van der Waals surface area contributed by atoms with Gasteiger partial charge in [-0.25, -0.2) is 4.79 Å². The van der Waals surface area contributed by atoms with Crippen molar-refractivity contribution in [2.45, 2.75) is 45.3 Å². The minimum absolute atomic E-state index is 0.233. The number of hydrogen-bond acceptors (Lipinski definition) is 3. The van der Waals surface area contributed by atoms with Gasteiger partial charge in [-0.1, -0.05) is 12.2 Å². The van der Waals surface area contributed by atoms with Crippen LogP contribution in [0.25, 0.3) is 0 Å². The fourth-order valence-corrected chi connectivity index (χ4v) is 1.98. The molecule has 17 heavy (non-hydrogen) atoms. The Bertz CT molecular complexity index is 328. The molecule has 0 bridgehead atoms. The lowest BCUT2D eigenvalue weighted by Crippen LogP contribution is -2.56. The van der Waals surface area contributed by atoms with E-state index >= 15 is 0 Å². The lowest BCUT2D eigenvalue weighted by molar-refractivity contribution is 0.00688. The van der Waals surface area contributed by atoms with Crippen molar-refractivity contribution in [3.05, 3.63) is 0 Å². The number of ether oxygens (including phenoxy) is 1. The molecule has 0 aromatic carbocycles. The van der Waals surface area contributed by atoms with Crippen molar-refractivity contribution in [3.8, 4) is 0 Å². The third kappa shape index (κ3) is 3.56. The molecule has 1 saturated carbocycles. The van der Waals surface area contributed by atoms with Gasteiger partial charge in [-0.05, 0) is 33.6 Å². The first-order valence-electron chi connectivity index (χ1n) is 6.13. The molecule has 4 nitrogen and oxygen atoms in total. The van der Waals surface area contributed by atoms with Crippen molar-refractivity contribution in [2.75, 3.05) is 13.1 Å². The zero-order valence-corrected chi connectivity index (χ0v) is 11.5. The van der Waals surface area contributed by atoms with Gasteiger partial charge in [0.25, 0.3) is 0 Å². The highest BCUT2D eigenvalue weighted by Crippen LogP contribution is 2.24. The summed E-state index contributed by atoms with van der Waals surface area (Å²) in [5.74, 6) is 0.318. The monoisotopic (exact) mass is 256 g/mol. The van der Waals surface area contributed by atoms with E-state index in [2.05, 4.69) is 5.32 Å². The Hall–Kier alpha value is -0.840. The van der Waals surface area contributed by atoms with Crippen LogP contribution in [0.3, 0.4) is 0 Å². The van der Waals surface area contributed by atoms with Crippen LogP contribution in [-0.4, -0.2) is 40.7 Å². The molecule has 2 fully saturated rings. The van der Waals surface area contributed by atoms with Crippen LogP contribution < -0.4 is 5.32 Å². The highest BCUT2D eigenvalue weighted by atomic mass is 32.1. The van der Waals surface area contributed by atoms with Gasteiger partial charge in [-0.3, -0.25) is 0 Å². The quantitative estimate of drug-likeness (QED) is 0.767. The number of carbonyl (C=O) groups excluding carboxylic acids is 1. The molecule has 2 rings (SSSR count). The number of nitrogens with zero attached hydrogens (tertiary/aromatic N) is 1. The number of nitrogens with one attached hydrogen (secondary N) is 1. The maximum Gasteiger partial charge on any atom is 0.410 e. The Morgan fingerprint density at radius 3 is 2.41 bits per heavy atom. The number of hydrogen-bond donors (Lipinski definition) is 1. The molecule has 0 spiro atoms. The Balaban J connectivity index is 1.70. The fraction of sp³-hybridized carbons (Fsp3) is 0.833. The first-order valence-corrected chi connectivity index (χ1v) is 6.54. The SMILES string of the molecule is CC(C)(C)OC(=O)N1CC(C(=S)NC2CC2)C1. The van der Waals surface area contributed by atoms with Crippen molar-refractivity contribution in [2.24, 2.45) is 5.92 Å². The van der Waals surface area contributed by atoms with Crippen molar-refractivity contribution in [1.29, 1.82) is 0 Å². The van der Waals surface area contributed by atoms with Gasteiger partial charge in [-0.15, -0.1) is 0 Å². The molecular formula is C12H20N2O2S. The van der Waals surface area contributed by atoms with Gasteiger partial charge in [0, 0.05) is 25.0 Å². The molecule has 0 aromatic rings. The van der Waals surface area contributed by atoms with Gasteiger partial charge in [0.1, 0.15) is 5.60 Å². The van der Waals surface area contributed by atoms with Gasteiger partial charge in [0.2, 0.25) is 0 Å². The van der Waals surface area contributed by atoms with Crippen LogP contribution in [0.1, 0.15) is 33.6 Å². The van der Waals surface area contributed by atoms with Gasteiger partial charge >= 0.3 is 6.09 Å². The summed E-state index contributed by atoms with van der Waals surface area (Å²) < 4.78 is 5.29. The van der Waals surface area contributed by atoms with E-state index in [1.165, 1.54) is 12.8 Å². The molecule has 1 saturated heterocycles. The van der Waals surface area contributed by atoms with Crippen molar-refractivity contribution in [1.82, 2.24) is 10.2 Å². The lowest BCUT2D eigenvalue weighted by Gasteiger charge is -2.40. The maximum absolute atomic E-state index is 11.7. The number of rotatable bonds is 2. The van der Waals surface area contributed by atoms with Crippen molar-refractivity contribution < 1.29 is 9.53 Å². The topological polar surface area (TPSA) is 41.6 Å². The molecule has 2 aliphatic rings. The summed E-state index contributed by atoms with van der Waals surface area (Å²) in [5.41, 5.74) is -0.422. The second-order valence-corrected chi connectivity index (χ2v) is 6.30.